The van der Waals surface area contributed by atoms with Crippen LogP contribution in [0.25, 0.3) is 5.53 Å². The highest BCUT2D eigenvalue weighted by molar-refractivity contribution is 6.61. The van der Waals surface area contributed by atoms with Crippen LogP contribution in [0, 0.1) is 20.2 Å². The molecule has 0 aromatic heterocycles. The number of nitrogens with zero attached hydrogens (tertiary/aromatic N) is 4. The van der Waals surface area contributed by atoms with Crippen LogP contribution in [0.4, 0.5) is 0 Å². The van der Waals surface area contributed by atoms with Crippen LogP contribution in [0.15, 0.2) is 0 Å². The van der Waals surface area contributed by atoms with Gasteiger partial charge in [0.2, 0.25) is 0 Å². The number of carboxylic acid groups (broad SMARTS) is 1. The van der Waals surface area contributed by atoms with Gasteiger partial charge in [-0.1, -0.05) is 0 Å². The standard InChI is InChI=1S/C8H10N4O9/c9-10-7(8(14)15)6(13)3-1-2-5(21-12(18)19)4-20-11(16)17/h5H,1-4H2,(H,14,15). The fourth-order valence-electron chi connectivity index (χ4n) is 1.26. The molecule has 0 aromatic rings. The van der Waals surface area contributed by atoms with E-state index < -0.39 is 46.8 Å². The van der Waals surface area contributed by atoms with E-state index in [4.69, 9.17) is 10.6 Å². The molecule has 0 amide bonds. The summed E-state index contributed by atoms with van der Waals surface area (Å²) in [7, 11) is 0. The zero-order chi connectivity index (χ0) is 16.4. The summed E-state index contributed by atoms with van der Waals surface area (Å²) in [4.78, 5) is 52.2. The molecule has 116 valence electrons. The van der Waals surface area contributed by atoms with E-state index in [1.165, 1.54) is 0 Å². The lowest BCUT2D eigenvalue weighted by Gasteiger charge is -2.12. The normalized spacial score (nSPS) is 10.9. The quantitative estimate of drug-likeness (QED) is 0.128. The molecule has 0 aliphatic heterocycles. The predicted octanol–water partition coefficient (Wildman–Crippen LogP) is -0.734. The first kappa shape index (κ1) is 17.9. The highest BCUT2D eigenvalue weighted by Gasteiger charge is 2.28. The van der Waals surface area contributed by atoms with E-state index in [-0.39, 0.29) is 12.8 Å². The van der Waals surface area contributed by atoms with Gasteiger partial charge in [-0.25, -0.2) is 4.79 Å². The maximum absolute atomic E-state index is 11.3. The number of aliphatic carboxylic acids is 1. The highest BCUT2D eigenvalue weighted by Crippen LogP contribution is 2.07. The molecule has 0 spiro atoms. The average molecular weight is 306 g/mol. The first-order chi connectivity index (χ1) is 9.77. The molecular weight excluding hydrogens is 296 g/mol. The van der Waals surface area contributed by atoms with Gasteiger partial charge >= 0.3 is 11.7 Å². The molecular formula is C8H10N4O9. The minimum absolute atomic E-state index is 0.0925. The third-order valence-electron chi connectivity index (χ3n) is 2.10. The van der Waals surface area contributed by atoms with Crippen LogP contribution in [0.2, 0.25) is 0 Å². The summed E-state index contributed by atoms with van der Waals surface area (Å²) in [6, 6.07) is 0. The van der Waals surface area contributed by atoms with Crippen molar-refractivity contribution in [1.82, 2.24) is 0 Å². The Labute approximate surface area is 115 Å². The maximum Gasteiger partial charge on any atom is 0.441 e. The van der Waals surface area contributed by atoms with E-state index in [9.17, 15) is 29.8 Å². The Kier molecular flexibility index (Phi) is 7.62. The molecule has 0 saturated carbocycles. The van der Waals surface area contributed by atoms with Crippen LogP contribution >= 0.6 is 0 Å². The second-order valence-electron chi connectivity index (χ2n) is 3.54. The van der Waals surface area contributed by atoms with Gasteiger partial charge in [-0.15, -0.1) is 20.2 Å². The van der Waals surface area contributed by atoms with Crippen LogP contribution in [0.3, 0.4) is 0 Å². The lowest BCUT2D eigenvalue weighted by atomic mass is 10.1. The molecule has 1 N–H and O–H groups in total. The number of carbonyl (C=O) groups excluding carboxylic acids is 1. The molecule has 0 aliphatic rings. The van der Waals surface area contributed by atoms with Crippen molar-refractivity contribution in [2.45, 2.75) is 25.4 Å². The fraction of sp³-hybridized carbons (Fsp3) is 0.625. The van der Waals surface area contributed by atoms with Gasteiger partial charge in [0.25, 0.3) is 16.0 Å². The SMILES string of the molecule is [N-]=[N+]=C(C(=O)O)C(=O)CCCC(CO[N+](=O)[O-])O[N+](=O)[O-]. The predicted molar refractivity (Wildman–Crippen MR) is 59.9 cm³/mol. The smallest absolute Gasteiger partial charge is 0.441 e. The Morgan fingerprint density at radius 3 is 2.33 bits per heavy atom. The molecule has 0 heterocycles. The molecule has 13 nitrogen and oxygen atoms in total. The summed E-state index contributed by atoms with van der Waals surface area (Å²) < 4.78 is 0. The van der Waals surface area contributed by atoms with E-state index in [2.05, 4.69) is 14.5 Å². The van der Waals surface area contributed by atoms with Gasteiger partial charge in [-0.2, -0.15) is 4.79 Å². The molecule has 13 heteroatoms. The zero-order valence-corrected chi connectivity index (χ0v) is 10.4. The first-order valence-electron chi connectivity index (χ1n) is 5.35. The van der Waals surface area contributed by atoms with Crippen molar-refractivity contribution in [2.75, 3.05) is 6.61 Å². The molecule has 0 fully saturated rings. The van der Waals surface area contributed by atoms with E-state index in [0.29, 0.717) is 0 Å². The van der Waals surface area contributed by atoms with Crippen LogP contribution in [-0.2, 0) is 19.3 Å². The van der Waals surface area contributed by atoms with Crippen LogP contribution in [-0.4, -0.2) is 50.2 Å². The minimum Gasteiger partial charge on any atom is -0.472 e. The molecule has 0 radical (unpaired) electrons. The number of carboxylic acids is 1. The van der Waals surface area contributed by atoms with Crippen molar-refractivity contribution in [3.8, 4) is 0 Å². The molecule has 0 rings (SSSR count). The Bertz CT molecular complexity index is 484. The van der Waals surface area contributed by atoms with Crippen molar-refractivity contribution in [1.29, 1.82) is 0 Å². The number of ketones is 1. The van der Waals surface area contributed by atoms with Gasteiger partial charge in [-0.3, -0.25) is 4.79 Å². The molecule has 0 bridgehead atoms. The van der Waals surface area contributed by atoms with Crippen LogP contribution in [0.1, 0.15) is 19.3 Å². The Morgan fingerprint density at radius 2 is 1.90 bits per heavy atom. The average Bonchev–Trinajstić information content (AvgIpc) is 2.35. The summed E-state index contributed by atoms with van der Waals surface area (Å²) in [5.41, 5.74) is 7.24. The second-order valence-corrected chi connectivity index (χ2v) is 3.54. The van der Waals surface area contributed by atoms with E-state index in [0.717, 1.165) is 0 Å². The Hall–Kier alpha value is -3.08. The van der Waals surface area contributed by atoms with Gasteiger partial charge in [0.05, 0.1) is 0 Å². The van der Waals surface area contributed by atoms with Crippen molar-refractivity contribution in [3.63, 3.8) is 0 Å². The number of carbonyl (C=O) groups is 2. The number of Topliss-reactive ketones (excluding diaryl/α,β-unsaturated/α-hetero) is 1. The molecule has 1 atom stereocenters. The zero-order valence-electron chi connectivity index (χ0n) is 10.4. The summed E-state index contributed by atoms with van der Waals surface area (Å²) in [5.74, 6) is -2.72. The topological polar surface area (TPSA) is 196 Å². The largest absolute Gasteiger partial charge is 0.472 e. The molecule has 1 unspecified atom stereocenters. The molecule has 21 heavy (non-hydrogen) atoms. The van der Waals surface area contributed by atoms with Gasteiger partial charge in [0.1, 0.15) is 12.7 Å². The maximum atomic E-state index is 11.3. The summed E-state index contributed by atoms with van der Waals surface area (Å²) in [5, 5.41) is 26.3. The van der Waals surface area contributed by atoms with Gasteiger partial charge in [0.15, 0.2) is 0 Å². The highest BCUT2D eigenvalue weighted by atomic mass is 17.0. The monoisotopic (exact) mass is 306 g/mol. The molecule has 0 saturated heterocycles. The van der Waals surface area contributed by atoms with Crippen molar-refractivity contribution in [2.24, 2.45) is 0 Å². The molecule has 0 aromatic carbocycles. The molecule has 0 aliphatic carbocycles. The second kappa shape index (κ2) is 8.92. The number of hydrogen-bond acceptors (Lipinski definition) is 8. The summed E-state index contributed by atoms with van der Waals surface area (Å²) >= 11 is 0. The van der Waals surface area contributed by atoms with Crippen LogP contribution in [0.5, 0.6) is 0 Å². The van der Waals surface area contributed by atoms with Crippen molar-refractivity contribution in [3.05, 3.63) is 25.8 Å². The number of hydrogen-bond donors (Lipinski definition) is 1. The lowest BCUT2D eigenvalue weighted by molar-refractivity contribution is -0.790. The van der Waals surface area contributed by atoms with E-state index in [1.807, 2.05) is 0 Å². The Balaban J connectivity index is 4.38. The van der Waals surface area contributed by atoms with Crippen molar-refractivity contribution < 1.29 is 39.3 Å². The van der Waals surface area contributed by atoms with E-state index in [1.54, 1.807) is 0 Å². The van der Waals surface area contributed by atoms with E-state index >= 15 is 0 Å². The fourth-order valence-corrected chi connectivity index (χ4v) is 1.26. The third kappa shape index (κ3) is 7.84. The van der Waals surface area contributed by atoms with Gasteiger partial charge < -0.3 is 20.3 Å². The summed E-state index contributed by atoms with van der Waals surface area (Å²) in [6.45, 7) is -0.720. The van der Waals surface area contributed by atoms with Gasteiger partial charge in [0, 0.05) is 6.42 Å². The third-order valence-corrected chi connectivity index (χ3v) is 2.10. The minimum atomic E-state index is -1.72. The van der Waals surface area contributed by atoms with Gasteiger partial charge in [-0.05, 0) is 12.8 Å². The summed E-state index contributed by atoms with van der Waals surface area (Å²) in [6.07, 6.45) is -1.97. The number of rotatable bonds is 11. The van der Waals surface area contributed by atoms with Crippen molar-refractivity contribution >= 4 is 17.5 Å². The Morgan fingerprint density at radius 1 is 1.29 bits per heavy atom. The van der Waals surface area contributed by atoms with Crippen LogP contribution < -0.4 is 0 Å². The first-order valence-corrected chi connectivity index (χ1v) is 5.35. The lowest BCUT2D eigenvalue weighted by Crippen LogP contribution is -2.27.